The van der Waals surface area contributed by atoms with Crippen molar-refractivity contribution in [3.8, 4) is 0 Å². The molecule has 7 atom stereocenters. The summed E-state index contributed by atoms with van der Waals surface area (Å²) in [6, 6.07) is 0. The number of aliphatic hydroxyl groups is 1. The molecule has 1 heterocycles. The molecule has 0 radical (unpaired) electrons. The number of aliphatic carboxylic acids is 3. The average Bonchev–Trinajstić information content (AvgIpc) is 2.81. The summed E-state index contributed by atoms with van der Waals surface area (Å²) < 4.78 is 16.1. The molecule has 0 amide bonds. The normalized spacial score (nSPS) is 31.5. The molecule has 0 aromatic rings. The molecule has 0 bridgehead atoms. The first-order valence-corrected chi connectivity index (χ1v) is 11.0. The van der Waals surface area contributed by atoms with Crippen molar-refractivity contribution in [3.05, 3.63) is 46.1 Å². The summed E-state index contributed by atoms with van der Waals surface area (Å²) in [6.45, 7) is -0.342. The Labute approximate surface area is 209 Å². The maximum atomic E-state index is 12.5. The van der Waals surface area contributed by atoms with Crippen LogP contribution in [0.3, 0.4) is 0 Å². The fourth-order valence-electron chi connectivity index (χ4n) is 4.48. The molecule has 1 aliphatic heterocycles. The molecule has 0 aromatic heterocycles. The van der Waals surface area contributed by atoms with Crippen molar-refractivity contribution in [1.29, 1.82) is 0 Å². The quantitative estimate of drug-likeness (QED) is 0.0929. The standard InChI is InChI=1S/C22H28N2O13/c1-35-20(32)19-13(8-17(28)29)12(7-16(26)27)14(9-18(30)31)21(37-19)36-15-5-4-11(3-2-6-25)10-22(15,23)24(33)34/h2-5,10,12-15,19,21,25H,6-9,23H2,1H3,(H,26,27)(H,28,29)(H,30,31)/b3-2+/t12-,13-,14+,15?,19-,21-,22?/m0/s1. The van der Waals surface area contributed by atoms with Crippen molar-refractivity contribution in [2.24, 2.45) is 23.5 Å². The Kier molecular flexibility index (Phi) is 10.0. The van der Waals surface area contributed by atoms with E-state index in [1.807, 2.05) is 0 Å². The first-order chi connectivity index (χ1) is 17.3. The van der Waals surface area contributed by atoms with Crippen LogP contribution in [0.2, 0.25) is 0 Å². The Hall–Kier alpha value is -3.66. The minimum absolute atomic E-state index is 0.262. The molecular weight excluding hydrogens is 500 g/mol. The first-order valence-electron chi connectivity index (χ1n) is 11.0. The van der Waals surface area contributed by atoms with E-state index in [4.69, 9.17) is 20.3 Å². The summed E-state index contributed by atoms with van der Waals surface area (Å²) >= 11 is 0. The van der Waals surface area contributed by atoms with Crippen LogP contribution in [0.1, 0.15) is 19.3 Å². The number of esters is 1. The Morgan fingerprint density at radius 1 is 1.11 bits per heavy atom. The van der Waals surface area contributed by atoms with Gasteiger partial charge in [0.25, 0.3) is 0 Å². The molecule has 0 spiro atoms. The highest BCUT2D eigenvalue weighted by Crippen LogP contribution is 2.43. The van der Waals surface area contributed by atoms with Crippen molar-refractivity contribution in [2.45, 2.75) is 43.4 Å². The fraction of sp³-hybridized carbons (Fsp3) is 0.545. The van der Waals surface area contributed by atoms with Gasteiger partial charge in [0.15, 0.2) is 18.5 Å². The monoisotopic (exact) mass is 528 g/mol. The molecule has 2 aliphatic rings. The van der Waals surface area contributed by atoms with Gasteiger partial charge >= 0.3 is 29.5 Å². The third-order valence-corrected chi connectivity index (χ3v) is 6.11. The first kappa shape index (κ1) is 29.6. The predicted molar refractivity (Wildman–Crippen MR) is 120 cm³/mol. The van der Waals surface area contributed by atoms with Crippen molar-refractivity contribution in [2.75, 3.05) is 13.7 Å². The van der Waals surface area contributed by atoms with Gasteiger partial charge in [-0.15, -0.1) is 0 Å². The molecule has 2 rings (SSSR count). The van der Waals surface area contributed by atoms with E-state index in [2.05, 4.69) is 4.74 Å². The highest BCUT2D eigenvalue weighted by molar-refractivity contribution is 5.77. The second-order valence-corrected chi connectivity index (χ2v) is 8.52. The SMILES string of the molecule is COC(=O)[C@H]1O[C@H](OC2C=CC(/C=C/CO)=CC2(N)[N+](=O)[O-])[C@H](CC(=O)O)[C@@H](CC(=O)O)[C@@H]1CC(=O)O. The van der Waals surface area contributed by atoms with Crippen LogP contribution in [-0.4, -0.2) is 87.1 Å². The lowest BCUT2D eigenvalue weighted by Gasteiger charge is -2.46. The average molecular weight is 528 g/mol. The summed E-state index contributed by atoms with van der Waals surface area (Å²) in [7, 11) is 0.989. The number of carbonyl (C=O) groups is 4. The van der Waals surface area contributed by atoms with Gasteiger partial charge in [-0.05, 0) is 17.6 Å². The summed E-state index contributed by atoms with van der Waals surface area (Å²) in [5.41, 5.74) is 3.88. The Balaban J connectivity index is 2.55. The maximum absolute atomic E-state index is 12.5. The third kappa shape index (κ3) is 7.19. The summed E-state index contributed by atoms with van der Waals surface area (Å²) in [5, 5.41) is 49.2. The van der Waals surface area contributed by atoms with Gasteiger partial charge in [-0.1, -0.05) is 18.2 Å². The van der Waals surface area contributed by atoms with Crippen LogP contribution >= 0.6 is 0 Å². The molecule has 15 nitrogen and oxygen atoms in total. The van der Waals surface area contributed by atoms with Gasteiger partial charge in [0.2, 0.25) is 0 Å². The van der Waals surface area contributed by atoms with Crippen LogP contribution in [0.5, 0.6) is 0 Å². The van der Waals surface area contributed by atoms with Gasteiger partial charge in [-0.25, -0.2) is 4.79 Å². The number of aliphatic hydroxyl groups excluding tert-OH is 1. The third-order valence-electron chi connectivity index (χ3n) is 6.11. The molecule has 1 saturated heterocycles. The number of carbonyl (C=O) groups excluding carboxylic acids is 1. The van der Waals surface area contributed by atoms with E-state index in [9.17, 15) is 44.6 Å². The number of rotatable bonds is 12. The summed E-state index contributed by atoms with van der Waals surface area (Å²) in [5.74, 6) is -9.17. The Bertz CT molecular complexity index is 1010. The number of nitrogens with zero attached hydrogens (tertiary/aromatic N) is 1. The van der Waals surface area contributed by atoms with Gasteiger partial charge in [0.05, 0.1) is 26.6 Å². The molecule has 2 unspecified atom stereocenters. The number of hydrogen-bond acceptors (Lipinski definition) is 11. The van der Waals surface area contributed by atoms with Crippen LogP contribution < -0.4 is 5.73 Å². The number of allylic oxidation sites excluding steroid dienone is 3. The lowest BCUT2D eigenvalue weighted by Crippen LogP contribution is -2.60. The maximum Gasteiger partial charge on any atom is 0.335 e. The van der Waals surface area contributed by atoms with Crippen LogP contribution in [0.15, 0.2) is 36.0 Å². The largest absolute Gasteiger partial charge is 0.481 e. The Morgan fingerprint density at radius 2 is 1.68 bits per heavy atom. The molecular formula is C22H28N2O13. The highest BCUT2D eigenvalue weighted by atomic mass is 16.7. The van der Waals surface area contributed by atoms with E-state index in [1.165, 1.54) is 24.3 Å². The van der Waals surface area contributed by atoms with Crippen molar-refractivity contribution in [1.82, 2.24) is 0 Å². The van der Waals surface area contributed by atoms with Crippen LogP contribution in [-0.2, 0) is 33.4 Å². The number of carboxylic acids is 3. The molecule has 0 aromatic carbocycles. The second-order valence-electron chi connectivity index (χ2n) is 8.52. The van der Waals surface area contributed by atoms with Crippen LogP contribution in [0.25, 0.3) is 0 Å². The smallest absolute Gasteiger partial charge is 0.335 e. The summed E-state index contributed by atoms with van der Waals surface area (Å²) in [6.07, 6.45) is -0.907. The predicted octanol–water partition coefficient (Wildman–Crippen LogP) is -0.481. The van der Waals surface area contributed by atoms with Gasteiger partial charge < -0.3 is 34.6 Å². The zero-order valence-electron chi connectivity index (χ0n) is 19.7. The van der Waals surface area contributed by atoms with Crippen molar-refractivity contribution in [3.63, 3.8) is 0 Å². The Morgan fingerprint density at radius 3 is 2.19 bits per heavy atom. The van der Waals surface area contributed by atoms with E-state index in [0.717, 1.165) is 13.2 Å². The van der Waals surface area contributed by atoms with Crippen molar-refractivity contribution >= 4 is 23.9 Å². The zero-order valence-corrected chi connectivity index (χ0v) is 19.7. The minimum Gasteiger partial charge on any atom is -0.481 e. The van der Waals surface area contributed by atoms with Crippen LogP contribution in [0.4, 0.5) is 0 Å². The van der Waals surface area contributed by atoms with Gasteiger partial charge in [-0.3, -0.25) is 30.2 Å². The lowest BCUT2D eigenvalue weighted by atomic mass is 9.71. The summed E-state index contributed by atoms with van der Waals surface area (Å²) in [4.78, 5) is 58.4. The molecule has 15 heteroatoms. The van der Waals surface area contributed by atoms with E-state index < -0.39 is 90.0 Å². The molecule has 1 fully saturated rings. The molecule has 37 heavy (non-hydrogen) atoms. The van der Waals surface area contributed by atoms with E-state index in [-0.39, 0.29) is 12.2 Å². The van der Waals surface area contributed by atoms with Crippen LogP contribution in [0, 0.1) is 27.9 Å². The number of nitrogens with two attached hydrogens (primary N) is 1. The number of carboxylic acid groups (broad SMARTS) is 3. The van der Waals surface area contributed by atoms with Gasteiger partial charge in [-0.2, -0.15) is 0 Å². The number of ether oxygens (including phenoxy) is 3. The zero-order chi connectivity index (χ0) is 27.9. The van der Waals surface area contributed by atoms with Gasteiger partial charge in [0.1, 0.15) is 0 Å². The fourth-order valence-corrected chi connectivity index (χ4v) is 4.48. The number of hydrogen-bond donors (Lipinski definition) is 5. The minimum atomic E-state index is -2.40. The van der Waals surface area contributed by atoms with E-state index in [0.29, 0.717) is 0 Å². The second kappa shape index (κ2) is 12.5. The van der Waals surface area contributed by atoms with Gasteiger partial charge in [0, 0.05) is 29.3 Å². The van der Waals surface area contributed by atoms with E-state index in [1.54, 1.807) is 0 Å². The molecule has 0 saturated carbocycles. The highest BCUT2D eigenvalue weighted by Gasteiger charge is 2.54. The topological polar surface area (TPSA) is 246 Å². The van der Waals surface area contributed by atoms with Crippen molar-refractivity contribution < 1.29 is 58.7 Å². The number of methoxy groups -OCH3 is 1. The van der Waals surface area contributed by atoms with E-state index >= 15 is 0 Å². The molecule has 6 N–H and O–H groups in total. The number of nitro groups is 1. The lowest BCUT2D eigenvalue weighted by molar-refractivity contribution is -0.568. The molecule has 204 valence electrons. The molecule has 1 aliphatic carbocycles.